The molecule has 41 heavy (non-hydrogen) atoms. The molecule has 0 saturated heterocycles. The molecule has 0 unspecified atom stereocenters. The van der Waals surface area contributed by atoms with Crippen molar-refractivity contribution in [3.63, 3.8) is 0 Å². The molecule has 6 nitrogen and oxygen atoms in total. The minimum Gasteiger partial charge on any atom is -0.550 e. The predicted molar refractivity (Wildman–Crippen MR) is 167 cm³/mol. The summed E-state index contributed by atoms with van der Waals surface area (Å²) in [6.07, 6.45) is 32.9. The number of carbonyl (C=O) groups excluding carboxylic acids is 2. The van der Waals surface area contributed by atoms with E-state index in [9.17, 15) is 19.8 Å². The van der Waals surface area contributed by atoms with Crippen LogP contribution in [0.4, 0.5) is 0 Å². The molecule has 0 aliphatic heterocycles. The van der Waals surface area contributed by atoms with Crippen LogP contribution in [0, 0.1) is 0 Å². The van der Waals surface area contributed by atoms with Crippen molar-refractivity contribution in [2.24, 2.45) is 11.5 Å². The first-order valence-corrected chi connectivity index (χ1v) is 17.3. The fourth-order valence-corrected chi connectivity index (χ4v) is 5.06. The minimum absolute atomic E-state index is 0. The zero-order chi connectivity index (χ0) is 30.1. The Morgan fingerprint density at radius 2 is 0.707 bits per heavy atom. The van der Waals surface area contributed by atoms with Crippen LogP contribution in [0.1, 0.15) is 194 Å². The van der Waals surface area contributed by atoms with Gasteiger partial charge in [0.15, 0.2) is 0 Å². The van der Waals surface area contributed by atoms with Crippen molar-refractivity contribution in [3.8, 4) is 0 Å². The fraction of sp³-hybridized carbons (Fsp3) is 0.941. The summed E-state index contributed by atoms with van der Waals surface area (Å²) in [5, 5.41) is 20.3. The van der Waals surface area contributed by atoms with Crippen molar-refractivity contribution < 1.29 is 40.9 Å². The number of nitrogens with two attached hydrogens (primary N) is 2. The van der Waals surface area contributed by atoms with Crippen LogP contribution >= 0.6 is 0 Å². The molecule has 7 heteroatoms. The summed E-state index contributed by atoms with van der Waals surface area (Å²) in [5.41, 5.74) is 11.3. The second-order valence-corrected chi connectivity index (χ2v) is 11.9. The Hall–Kier alpha value is -0.452. The molecule has 0 aromatic carbocycles. The molecule has 0 aromatic heterocycles. The van der Waals surface area contributed by atoms with Crippen LogP contribution < -0.4 is 21.7 Å². The van der Waals surface area contributed by atoms with E-state index in [2.05, 4.69) is 13.8 Å². The number of carboxylic acid groups (broad SMARTS) is 2. The number of carboxylic acids is 2. The third-order valence-corrected chi connectivity index (χ3v) is 7.84. The third kappa shape index (κ3) is 41.7. The first kappa shape index (κ1) is 45.0. The van der Waals surface area contributed by atoms with Crippen LogP contribution in [-0.2, 0) is 30.7 Å². The first-order chi connectivity index (χ1) is 19.3. The second-order valence-electron chi connectivity index (χ2n) is 11.9. The van der Waals surface area contributed by atoms with Gasteiger partial charge in [0, 0.05) is 24.0 Å². The molecule has 0 amide bonds. The third-order valence-electron chi connectivity index (χ3n) is 7.84. The Morgan fingerprint density at radius 3 is 0.902 bits per heavy atom. The largest absolute Gasteiger partial charge is 4.00 e. The smallest absolute Gasteiger partial charge is 0.550 e. The molecule has 1 saturated carbocycles. The van der Waals surface area contributed by atoms with E-state index in [1.54, 1.807) is 0 Å². The Balaban J connectivity index is -0.000000548. The average Bonchev–Trinajstić information content (AvgIpc) is 2.92. The molecule has 1 aliphatic rings. The summed E-state index contributed by atoms with van der Waals surface area (Å²) in [7, 11) is 0. The van der Waals surface area contributed by atoms with E-state index in [1.807, 2.05) is 0 Å². The molecule has 0 bridgehead atoms. The molecule has 2 atom stereocenters. The predicted octanol–water partition coefficient (Wildman–Crippen LogP) is 7.09. The monoisotopic (exact) mass is 763 g/mol. The summed E-state index contributed by atoms with van der Waals surface area (Å²) in [6.45, 7) is 4.49. The standard InChI is InChI=1S/2C14H28O2.C6H14N2.Pt/c2*1-2-3-4-5-6-7-8-9-10-11-12-13-14(15)16;7-5-3-1-2-4-6(5)8;/h2*2-13H2,1H3,(H,15,16);5-6H,1-4,7-8H2;/q;;;+4/p-2/t;;5-,6-;/m..1./s1. The van der Waals surface area contributed by atoms with Gasteiger partial charge in [0.2, 0.25) is 0 Å². The summed E-state index contributed by atoms with van der Waals surface area (Å²) in [5.74, 6) is -1.81. The molecule has 1 aliphatic carbocycles. The normalized spacial score (nSPS) is 16.0. The van der Waals surface area contributed by atoms with Crippen molar-refractivity contribution in [1.29, 1.82) is 0 Å². The van der Waals surface area contributed by atoms with Gasteiger partial charge in [-0.3, -0.25) is 0 Å². The van der Waals surface area contributed by atoms with Gasteiger partial charge in [-0.05, 0) is 38.5 Å². The van der Waals surface area contributed by atoms with E-state index in [4.69, 9.17) is 11.5 Å². The molecular weight excluding hydrogens is 695 g/mol. The summed E-state index contributed by atoms with van der Waals surface area (Å²) in [6, 6.07) is 0.562. The topological polar surface area (TPSA) is 132 Å². The van der Waals surface area contributed by atoms with Crippen LogP contribution in [0.25, 0.3) is 0 Å². The number of carbonyl (C=O) groups is 2. The zero-order valence-electron chi connectivity index (χ0n) is 27.1. The van der Waals surface area contributed by atoms with Crippen LogP contribution in [0.15, 0.2) is 0 Å². The molecule has 1 rings (SSSR count). The summed E-state index contributed by atoms with van der Waals surface area (Å²) >= 11 is 0. The van der Waals surface area contributed by atoms with Gasteiger partial charge in [0.1, 0.15) is 0 Å². The van der Waals surface area contributed by atoms with Crippen molar-refractivity contribution in [2.45, 2.75) is 206 Å². The van der Waals surface area contributed by atoms with Gasteiger partial charge in [0.05, 0.1) is 0 Å². The fourth-order valence-electron chi connectivity index (χ4n) is 5.06. The second kappa shape index (κ2) is 37.6. The maximum Gasteiger partial charge on any atom is 4.00 e. The van der Waals surface area contributed by atoms with Gasteiger partial charge in [0.25, 0.3) is 0 Å². The maximum absolute atomic E-state index is 10.1. The quantitative estimate of drug-likeness (QED) is 0.101. The van der Waals surface area contributed by atoms with E-state index in [0.29, 0.717) is 0 Å². The number of aliphatic carboxylic acids is 2. The Kier molecular flexibility index (Phi) is 41.2. The Morgan fingerprint density at radius 1 is 0.488 bits per heavy atom. The average molecular weight is 764 g/mol. The molecule has 0 spiro atoms. The maximum atomic E-state index is 10.1. The van der Waals surface area contributed by atoms with E-state index in [1.165, 1.54) is 128 Å². The van der Waals surface area contributed by atoms with E-state index in [-0.39, 0.29) is 46.0 Å². The van der Waals surface area contributed by atoms with Crippen molar-refractivity contribution in [1.82, 2.24) is 0 Å². The van der Waals surface area contributed by atoms with Gasteiger partial charge in [-0.15, -0.1) is 0 Å². The molecule has 1 fully saturated rings. The molecule has 4 N–H and O–H groups in total. The van der Waals surface area contributed by atoms with Gasteiger partial charge >= 0.3 is 21.1 Å². The molecule has 246 valence electrons. The Bertz CT molecular complexity index is 491. The molecule has 0 heterocycles. The molecule has 0 aromatic rings. The van der Waals surface area contributed by atoms with Gasteiger partial charge in [-0.1, -0.05) is 155 Å². The van der Waals surface area contributed by atoms with Gasteiger partial charge < -0.3 is 31.3 Å². The van der Waals surface area contributed by atoms with E-state index >= 15 is 0 Å². The van der Waals surface area contributed by atoms with Crippen molar-refractivity contribution in [3.05, 3.63) is 0 Å². The van der Waals surface area contributed by atoms with Crippen LogP contribution in [0.2, 0.25) is 0 Å². The number of unbranched alkanes of at least 4 members (excludes halogenated alkanes) is 20. The summed E-state index contributed by atoms with van der Waals surface area (Å²) < 4.78 is 0. The van der Waals surface area contributed by atoms with Crippen LogP contribution in [-0.4, -0.2) is 24.0 Å². The SMILES string of the molecule is CCCCCCCCCCCCCC(=O)[O-].CCCCCCCCCCCCCC(=O)[O-].N[C@@H]1CCCC[C@H]1N.[Pt+4]. The zero-order valence-corrected chi connectivity index (χ0v) is 29.3. The van der Waals surface area contributed by atoms with Crippen LogP contribution in [0.5, 0.6) is 0 Å². The van der Waals surface area contributed by atoms with E-state index in [0.717, 1.165) is 38.5 Å². The first-order valence-electron chi connectivity index (χ1n) is 17.3. The minimum atomic E-state index is -0.907. The number of rotatable bonds is 24. The van der Waals surface area contributed by atoms with Crippen molar-refractivity contribution >= 4 is 11.9 Å². The van der Waals surface area contributed by atoms with Gasteiger partial charge in [-0.25, -0.2) is 0 Å². The van der Waals surface area contributed by atoms with Gasteiger partial charge in [-0.2, -0.15) is 0 Å². The molecule has 0 radical (unpaired) electrons. The van der Waals surface area contributed by atoms with E-state index < -0.39 is 11.9 Å². The van der Waals surface area contributed by atoms with Crippen LogP contribution in [0.3, 0.4) is 0 Å². The molecular formula is C34H68N2O4Pt+2. The Labute approximate surface area is 269 Å². The van der Waals surface area contributed by atoms with Crippen molar-refractivity contribution in [2.75, 3.05) is 0 Å². The number of hydrogen-bond acceptors (Lipinski definition) is 6. The number of hydrogen-bond donors (Lipinski definition) is 2. The summed E-state index contributed by atoms with van der Waals surface area (Å²) in [4.78, 5) is 20.3.